The second-order valence-corrected chi connectivity index (χ2v) is 8.00. The number of benzene rings is 1. The summed E-state index contributed by atoms with van der Waals surface area (Å²) in [5, 5.41) is 4.99. The molecular weight excluding hydrogens is 382 g/mol. The van der Waals surface area contributed by atoms with Crippen molar-refractivity contribution in [3.8, 4) is 11.5 Å². The number of hydrogen-bond donors (Lipinski definition) is 1. The molecule has 7 heteroatoms. The lowest BCUT2D eigenvalue weighted by Crippen LogP contribution is -2.40. The number of fused-ring (bicyclic) bond motifs is 2. The van der Waals surface area contributed by atoms with Gasteiger partial charge in [-0.25, -0.2) is 0 Å². The van der Waals surface area contributed by atoms with Crippen molar-refractivity contribution in [3.63, 3.8) is 0 Å². The van der Waals surface area contributed by atoms with Gasteiger partial charge in [-0.05, 0) is 30.9 Å². The van der Waals surface area contributed by atoms with E-state index in [-0.39, 0.29) is 0 Å². The smallest absolute Gasteiger partial charge is 0.162 e. The van der Waals surface area contributed by atoms with Crippen LogP contribution in [0.3, 0.4) is 0 Å². The minimum Gasteiger partial charge on any atom is -0.493 e. The quantitative estimate of drug-likeness (QED) is 0.746. The van der Waals surface area contributed by atoms with E-state index in [0.29, 0.717) is 11.8 Å². The van der Waals surface area contributed by atoms with Crippen LogP contribution in [-0.2, 0) is 22.3 Å². The summed E-state index contributed by atoms with van der Waals surface area (Å²) in [6.07, 6.45) is 3.95. The van der Waals surface area contributed by atoms with E-state index in [9.17, 15) is 0 Å². The summed E-state index contributed by atoms with van der Waals surface area (Å²) in [6, 6.07) is 4.48. The Morgan fingerprint density at radius 1 is 1.07 bits per heavy atom. The van der Waals surface area contributed by atoms with Gasteiger partial charge in [-0.15, -0.1) is 0 Å². The Kier molecular flexibility index (Phi) is 6.92. The van der Waals surface area contributed by atoms with E-state index in [0.717, 1.165) is 87.5 Å². The van der Waals surface area contributed by atoms with Crippen LogP contribution < -0.4 is 14.8 Å². The number of hydrogen-bond acceptors (Lipinski definition) is 7. The maximum atomic E-state index is 5.75. The Morgan fingerprint density at radius 3 is 2.53 bits per heavy atom. The molecule has 0 atom stereocenters. The van der Waals surface area contributed by atoms with Gasteiger partial charge < -0.3 is 29.2 Å². The fraction of sp³-hybridized carbons (Fsp3) is 0.609. The fourth-order valence-corrected chi connectivity index (χ4v) is 4.49. The number of likely N-dealkylation sites (tertiary alicyclic amines) is 1. The highest BCUT2D eigenvalue weighted by atomic mass is 16.5. The van der Waals surface area contributed by atoms with Gasteiger partial charge in [0, 0.05) is 62.0 Å². The predicted molar refractivity (Wildman–Crippen MR) is 118 cm³/mol. The molecule has 1 N–H and O–H groups in total. The molecule has 2 aliphatic rings. The van der Waals surface area contributed by atoms with Crippen LogP contribution in [0.5, 0.6) is 11.5 Å². The summed E-state index contributed by atoms with van der Waals surface area (Å²) in [7, 11) is 5.11. The Balaban J connectivity index is 1.67. The van der Waals surface area contributed by atoms with Crippen molar-refractivity contribution in [1.82, 2.24) is 9.88 Å². The normalized spacial score (nSPS) is 18.1. The maximum absolute atomic E-state index is 5.75. The summed E-state index contributed by atoms with van der Waals surface area (Å²) < 4.78 is 22.1. The third kappa shape index (κ3) is 4.48. The molecule has 0 spiro atoms. The minimum atomic E-state index is 0.441. The lowest BCUT2D eigenvalue weighted by molar-refractivity contribution is 0.132. The molecule has 0 aliphatic carbocycles. The number of rotatable bonds is 7. The van der Waals surface area contributed by atoms with Crippen molar-refractivity contribution >= 4 is 16.6 Å². The van der Waals surface area contributed by atoms with Gasteiger partial charge in [0.15, 0.2) is 11.5 Å². The molecule has 7 nitrogen and oxygen atoms in total. The molecule has 0 unspecified atom stereocenters. The largest absolute Gasteiger partial charge is 0.493 e. The molecule has 3 heterocycles. The molecule has 4 rings (SSSR count). The summed E-state index contributed by atoms with van der Waals surface area (Å²) in [4.78, 5) is 7.46. The van der Waals surface area contributed by atoms with E-state index in [4.69, 9.17) is 23.9 Å². The van der Waals surface area contributed by atoms with Gasteiger partial charge >= 0.3 is 0 Å². The number of methoxy groups -OCH3 is 3. The van der Waals surface area contributed by atoms with Crippen molar-refractivity contribution in [1.29, 1.82) is 0 Å². The molecule has 0 radical (unpaired) electrons. The molecule has 30 heavy (non-hydrogen) atoms. The van der Waals surface area contributed by atoms with E-state index in [1.54, 1.807) is 21.3 Å². The molecule has 164 valence electrons. The number of aromatic nitrogens is 1. The number of nitrogens with zero attached hydrogens (tertiary/aromatic N) is 2. The zero-order chi connectivity index (χ0) is 20.9. The summed E-state index contributed by atoms with van der Waals surface area (Å²) in [5.41, 5.74) is 4.55. The average Bonchev–Trinajstić information content (AvgIpc) is 3.03. The van der Waals surface area contributed by atoms with Crippen LogP contribution in [0.4, 0.5) is 5.69 Å². The average molecular weight is 416 g/mol. The molecule has 1 fully saturated rings. The van der Waals surface area contributed by atoms with E-state index >= 15 is 0 Å². The van der Waals surface area contributed by atoms with Crippen LogP contribution in [0.15, 0.2) is 12.1 Å². The topological polar surface area (TPSA) is 65.1 Å². The zero-order valence-corrected chi connectivity index (χ0v) is 18.3. The van der Waals surface area contributed by atoms with Crippen LogP contribution in [-0.4, -0.2) is 76.7 Å². The molecule has 1 aromatic heterocycles. The van der Waals surface area contributed by atoms with Crippen LogP contribution >= 0.6 is 0 Å². The van der Waals surface area contributed by atoms with Crippen LogP contribution in [0.1, 0.15) is 24.1 Å². The predicted octanol–water partition coefficient (Wildman–Crippen LogP) is 2.89. The third-order valence-electron chi connectivity index (χ3n) is 6.20. The van der Waals surface area contributed by atoms with Gasteiger partial charge in [0.1, 0.15) is 0 Å². The Bertz CT molecular complexity index is 865. The van der Waals surface area contributed by atoms with E-state index < -0.39 is 0 Å². The van der Waals surface area contributed by atoms with E-state index in [2.05, 4.69) is 16.3 Å². The number of nitrogens with one attached hydrogen (secondary N) is 1. The number of pyridine rings is 1. The number of anilines is 1. The first kappa shape index (κ1) is 21.2. The van der Waals surface area contributed by atoms with Crippen molar-refractivity contribution in [2.75, 3.05) is 66.1 Å². The minimum absolute atomic E-state index is 0.441. The van der Waals surface area contributed by atoms with Gasteiger partial charge in [-0.1, -0.05) is 0 Å². The lowest BCUT2D eigenvalue weighted by Gasteiger charge is -2.33. The first-order chi connectivity index (χ1) is 14.7. The summed E-state index contributed by atoms with van der Waals surface area (Å²) in [6.45, 7) is 5.43. The molecule has 2 aromatic rings. The van der Waals surface area contributed by atoms with E-state index in [1.807, 2.05) is 6.07 Å². The SMILES string of the molecule is COCCN1CCC(Nc2c3c(nc4cc(OC)c(OC)cc24)CCOCC3)CC1. The molecule has 0 bridgehead atoms. The Hall–Kier alpha value is -2.09. The highest BCUT2D eigenvalue weighted by Crippen LogP contribution is 2.38. The van der Waals surface area contributed by atoms with E-state index in [1.165, 1.54) is 11.3 Å². The Morgan fingerprint density at radius 2 is 1.80 bits per heavy atom. The van der Waals surface area contributed by atoms with Gasteiger partial charge in [0.2, 0.25) is 0 Å². The first-order valence-electron chi connectivity index (χ1n) is 10.9. The zero-order valence-electron chi connectivity index (χ0n) is 18.3. The standard InChI is InChI=1S/C23H33N3O4/c1-27-13-10-26-8-4-16(5-9-26)24-23-17-6-11-30-12-7-19(17)25-20-15-22(29-3)21(28-2)14-18(20)23/h14-16H,4-13H2,1-3H3,(H,24,25). The van der Waals surface area contributed by atoms with Gasteiger partial charge in [-0.2, -0.15) is 0 Å². The van der Waals surface area contributed by atoms with Crippen molar-refractivity contribution in [2.24, 2.45) is 0 Å². The second kappa shape index (κ2) is 9.81. The molecule has 2 aliphatic heterocycles. The fourth-order valence-electron chi connectivity index (χ4n) is 4.49. The number of piperidine rings is 1. The summed E-state index contributed by atoms with van der Waals surface area (Å²) >= 11 is 0. The molecule has 0 amide bonds. The van der Waals surface area contributed by atoms with Crippen molar-refractivity contribution in [3.05, 3.63) is 23.4 Å². The second-order valence-electron chi connectivity index (χ2n) is 8.00. The van der Waals surface area contributed by atoms with Crippen LogP contribution in [0, 0.1) is 0 Å². The van der Waals surface area contributed by atoms with Crippen LogP contribution in [0.2, 0.25) is 0 Å². The van der Waals surface area contributed by atoms with Gasteiger partial charge in [0.05, 0.1) is 39.6 Å². The van der Waals surface area contributed by atoms with Crippen LogP contribution in [0.25, 0.3) is 10.9 Å². The van der Waals surface area contributed by atoms with Gasteiger partial charge in [0.25, 0.3) is 0 Å². The molecule has 1 saturated heterocycles. The third-order valence-corrected chi connectivity index (χ3v) is 6.20. The summed E-state index contributed by atoms with van der Waals surface area (Å²) in [5.74, 6) is 1.44. The number of ether oxygens (including phenoxy) is 4. The van der Waals surface area contributed by atoms with Crippen molar-refractivity contribution in [2.45, 2.75) is 31.7 Å². The molecular formula is C23H33N3O4. The Labute approximate surface area is 178 Å². The first-order valence-corrected chi connectivity index (χ1v) is 10.9. The maximum Gasteiger partial charge on any atom is 0.162 e. The van der Waals surface area contributed by atoms with Crippen molar-refractivity contribution < 1.29 is 18.9 Å². The monoisotopic (exact) mass is 415 g/mol. The lowest BCUT2D eigenvalue weighted by atomic mass is 9.98. The van der Waals surface area contributed by atoms with Gasteiger partial charge in [-0.3, -0.25) is 4.98 Å². The highest BCUT2D eigenvalue weighted by Gasteiger charge is 2.24. The molecule has 1 aromatic carbocycles. The highest BCUT2D eigenvalue weighted by molar-refractivity contribution is 5.96. The molecule has 0 saturated carbocycles.